The minimum absolute atomic E-state index is 0.0399. The van der Waals surface area contributed by atoms with Gasteiger partial charge in [-0.3, -0.25) is 4.79 Å². The zero-order chi connectivity index (χ0) is 20.9. The van der Waals surface area contributed by atoms with Crippen LogP contribution in [0.4, 0.5) is 13.2 Å². The summed E-state index contributed by atoms with van der Waals surface area (Å²) in [6.07, 6.45) is 5.61. The van der Waals surface area contributed by atoms with E-state index in [0.717, 1.165) is 56.2 Å². The highest BCUT2D eigenvalue weighted by molar-refractivity contribution is 5.72. The second kappa shape index (κ2) is 9.47. The molecule has 29 heavy (non-hydrogen) atoms. The maximum atomic E-state index is 12.7. The number of ether oxygens (including phenoxy) is 1. The lowest BCUT2D eigenvalue weighted by molar-refractivity contribution is -0.157. The first-order chi connectivity index (χ1) is 13.9. The molecule has 2 saturated carbocycles. The van der Waals surface area contributed by atoms with Crippen LogP contribution in [0.15, 0.2) is 36.4 Å². The minimum Gasteiger partial charge on any atom is -0.462 e. The highest BCUT2D eigenvalue weighted by Gasteiger charge is 2.32. The summed E-state index contributed by atoms with van der Waals surface area (Å²) in [5.41, 5.74) is 0.282. The third-order valence-electron chi connectivity index (χ3n) is 6.21. The van der Waals surface area contributed by atoms with Gasteiger partial charge in [0.15, 0.2) is 0 Å². The van der Waals surface area contributed by atoms with Gasteiger partial charge in [0.2, 0.25) is 0 Å². The molecule has 6 heteroatoms. The smallest absolute Gasteiger partial charge is 0.416 e. The van der Waals surface area contributed by atoms with Crippen molar-refractivity contribution in [3.05, 3.63) is 47.5 Å². The van der Waals surface area contributed by atoms with E-state index in [4.69, 9.17) is 10.00 Å². The van der Waals surface area contributed by atoms with Crippen LogP contribution in [0.5, 0.6) is 0 Å². The van der Waals surface area contributed by atoms with Crippen molar-refractivity contribution in [2.24, 2.45) is 11.8 Å². The van der Waals surface area contributed by atoms with E-state index in [-0.39, 0.29) is 23.9 Å². The van der Waals surface area contributed by atoms with E-state index in [9.17, 15) is 18.0 Å². The Kier molecular flexibility index (Phi) is 7.00. The van der Waals surface area contributed by atoms with Gasteiger partial charge in [-0.1, -0.05) is 18.2 Å². The number of hydrogen-bond donors (Lipinski definition) is 0. The molecule has 0 atom stereocenters. The fourth-order valence-corrected chi connectivity index (χ4v) is 4.45. The first-order valence-electron chi connectivity index (χ1n) is 10.3. The predicted molar refractivity (Wildman–Crippen MR) is 103 cm³/mol. The van der Waals surface area contributed by atoms with E-state index in [1.54, 1.807) is 12.1 Å². The number of halogens is 3. The van der Waals surface area contributed by atoms with Gasteiger partial charge in [0.05, 0.1) is 17.6 Å². The van der Waals surface area contributed by atoms with Crippen molar-refractivity contribution < 1.29 is 22.7 Å². The molecule has 0 aromatic heterocycles. The largest absolute Gasteiger partial charge is 0.462 e. The Morgan fingerprint density at radius 2 is 1.62 bits per heavy atom. The molecule has 2 aliphatic rings. The molecule has 3 rings (SSSR count). The number of carbonyl (C=O) groups excluding carboxylic acids is 1. The van der Waals surface area contributed by atoms with Crippen LogP contribution < -0.4 is 0 Å². The molecular formula is C23H26F3NO2. The molecule has 2 aliphatic carbocycles. The van der Waals surface area contributed by atoms with Crippen molar-refractivity contribution in [2.45, 2.75) is 69.6 Å². The fraction of sp³-hybridized carbons (Fsp3) is 0.565. The summed E-state index contributed by atoms with van der Waals surface area (Å²) in [6, 6.07) is 7.41. The van der Waals surface area contributed by atoms with Gasteiger partial charge in [-0.2, -0.15) is 18.4 Å². The third-order valence-corrected chi connectivity index (χ3v) is 6.21. The molecule has 1 aromatic carbocycles. The summed E-state index contributed by atoms with van der Waals surface area (Å²) in [6.45, 7) is 0. The van der Waals surface area contributed by atoms with Crippen LogP contribution in [0.2, 0.25) is 0 Å². The van der Waals surface area contributed by atoms with Crippen molar-refractivity contribution in [2.75, 3.05) is 0 Å². The van der Waals surface area contributed by atoms with Crippen LogP contribution in [-0.4, -0.2) is 12.1 Å². The standard InChI is InChI=1S/C23H26F3NO2/c24-23(25,26)20-11-9-18(10-12-20)17-5-7-19(8-6-17)22(28)29-21-13-3-16(4-14-21)2-1-15-27/h1-2,9-12,16-17,19,21H,3-8,13-14H2/t16-,17-,19-,21-. The number of hydrogen-bond acceptors (Lipinski definition) is 3. The Labute approximate surface area is 169 Å². The highest BCUT2D eigenvalue weighted by atomic mass is 19.4. The first kappa shape index (κ1) is 21.4. The average molecular weight is 405 g/mol. The summed E-state index contributed by atoms with van der Waals surface area (Å²) < 4.78 is 43.8. The van der Waals surface area contributed by atoms with E-state index in [1.807, 2.05) is 12.1 Å². The quantitative estimate of drug-likeness (QED) is 0.445. The lowest BCUT2D eigenvalue weighted by Crippen LogP contribution is -2.29. The molecular weight excluding hydrogens is 379 g/mol. The van der Waals surface area contributed by atoms with Crippen molar-refractivity contribution in [1.29, 1.82) is 5.26 Å². The summed E-state index contributed by atoms with van der Waals surface area (Å²) in [4.78, 5) is 12.5. The number of benzene rings is 1. The van der Waals surface area contributed by atoms with Crippen molar-refractivity contribution >= 4 is 5.97 Å². The first-order valence-corrected chi connectivity index (χ1v) is 10.3. The fourth-order valence-electron chi connectivity index (χ4n) is 4.45. The van der Waals surface area contributed by atoms with Gasteiger partial charge in [0.25, 0.3) is 0 Å². The lowest BCUT2D eigenvalue weighted by Gasteiger charge is -2.31. The zero-order valence-corrected chi connectivity index (χ0v) is 16.3. The molecule has 0 bridgehead atoms. The van der Waals surface area contributed by atoms with Gasteiger partial charge in [-0.15, -0.1) is 0 Å². The van der Waals surface area contributed by atoms with Gasteiger partial charge >= 0.3 is 12.1 Å². The van der Waals surface area contributed by atoms with Crippen molar-refractivity contribution in [3.63, 3.8) is 0 Å². The summed E-state index contributed by atoms with van der Waals surface area (Å²) in [7, 11) is 0. The Morgan fingerprint density at radius 3 is 2.17 bits per heavy atom. The minimum atomic E-state index is -4.31. The highest BCUT2D eigenvalue weighted by Crippen LogP contribution is 2.38. The van der Waals surface area contributed by atoms with Gasteiger partial charge < -0.3 is 4.74 Å². The van der Waals surface area contributed by atoms with E-state index >= 15 is 0 Å². The summed E-state index contributed by atoms with van der Waals surface area (Å²) >= 11 is 0. The molecule has 0 unspecified atom stereocenters. The van der Waals surface area contributed by atoms with E-state index < -0.39 is 11.7 Å². The van der Waals surface area contributed by atoms with Crippen LogP contribution in [0.25, 0.3) is 0 Å². The van der Waals surface area contributed by atoms with Crippen LogP contribution in [-0.2, 0) is 15.7 Å². The van der Waals surface area contributed by atoms with Crippen molar-refractivity contribution in [3.8, 4) is 6.07 Å². The Bertz CT molecular complexity index is 748. The normalized spacial score (nSPS) is 28.1. The number of nitrogens with zero attached hydrogens (tertiary/aromatic N) is 1. The van der Waals surface area contributed by atoms with Gasteiger partial charge in [-0.25, -0.2) is 0 Å². The molecule has 0 N–H and O–H groups in total. The molecule has 156 valence electrons. The summed E-state index contributed by atoms with van der Waals surface area (Å²) in [5, 5.41) is 8.60. The summed E-state index contributed by atoms with van der Waals surface area (Å²) in [5.74, 6) is 0.344. The van der Waals surface area contributed by atoms with E-state index in [0.29, 0.717) is 18.8 Å². The maximum absolute atomic E-state index is 12.7. The van der Waals surface area contributed by atoms with Crippen molar-refractivity contribution in [1.82, 2.24) is 0 Å². The molecule has 0 aliphatic heterocycles. The number of allylic oxidation sites excluding steroid dienone is 2. The second-order valence-corrected chi connectivity index (χ2v) is 8.13. The average Bonchev–Trinajstić information content (AvgIpc) is 2.73. The zero-order valence-electron chi connectivity index (χ0n) is 16.3. The number of rotatable bonds is 4. The molecule has 3 nitrogen and oxygen atoms in total. The molecule has 2 fully saturated rings. The van der Waals surface area contributed by atoms with E-state index in [2.05, 4.69) is 0 Å². The van der Waals surface area contributed by atoms with Gasteiger partial charge in [0.1, 0.15) is 6.10 Å². The molecule has 0 saturated heterocycles. The van der Waals surface area contributed by atoms with Crippen LogP contribution in [0, 0.1) is 23.2 Å². The molecule has 0 spiro atoms. The topological polar surface area (TPSA) is 50.1 Å². The second-order valence-electron chi connectivity index (χ2n) is 8.13. The SMILES string of the molecule is N#CC=C[C@H]1CC[C@H](OC(=O)[C@H]2CC[C@H](c3ccc(C(F)(F)F)cc3)CC2)CC1. The molecule has 0 radical (unpaired) electrons. The van der Waals surface area contributed by atoms with Crippen LogP contribution in [0.1, 0.15) is 68.4 Å². The number of alkyl halides is 3. The third kappa shape index (κ3) is 5.85. The van der Waals surface area contributed by atoms with E-state index in [1.165, 1.54) is 6.08 Å². The molecule has 0 heterocycles. The van der Waals surface area contributed by atoms with Gasteiger partial charge in [-0.05, 0) is 80.9 Å². The maximum Gasteiger partial charge on any atom is 0.416 e. The lowest BCUT2D eigenvalue weighted by atomic mass is 9.78. The predicted octanol–water partition coefficient (Wildman–Crippen LogP) is 6.16. The molecule has 1 aromatic rings. The molecule has 0 amide bonds. The monoisotopic (exact) mass is 405 g/mol. The number of nitriles is 1. The number of esters is 1. The Balaban J connectivity index is 1.44. The Morgan fingerprint density at radius 1 is 1.00 bits per heavy atom. The Hall–Kier alpha value is -2.29. The van der Waals surface area contributed by atoms with Gasteiger partial charge in [0, 0.05) is 6.08 Å². The van der Waals surface area contributed by atoms with Crippen LogP contribution in [0.3, 0.4) is 0 Å². The van der Waals surface area contributed by atoms with Crippen LogP contribution >= 0.6 is 0 Å². The number of carbonyl (C=O) groups is 1.